The van der Waals surface area contributed by atoms with Gasteiger partial charge in [0.05, 0.1) is 0 Å². The highest BCUT2D eigenvalue weighted by Gasteiger charge is 2.34. The number of hydrogen-bond donors (Lipinski definition) is 0. The van der Waals surface area contributed by atoms with Gasteiger partial charge in [-0.25, -0.2) is 0 Å². The van der Waals surface area contributed by atoms with Gasteiger partial charge in [0.2, 0.25) is 0 Å². The van der Waals surface area contributed by atoms with Crippen molar-refractivity contribution in [3.63, 3.8) is 0 Å². The van der Waals surface area contributed by atoms with E-state index >= 15 is 0 Å². The fourth-order valence-corrected chi connectivity index (χ4v) is 6.74. The van der Waals surface area contributed by atoms with Crippen molar-refractivity contribution in [1.29, 1.82) is 0 Å². The molecule has 4 nitrogen and oxygen atoms in total. The highest BCUT2D eigenvalue weighted by atomic mass is 15.2. The summed E-state index contributed by atoms with van der Waals surface area (Å²) in [6.45, 7) is 17.3. The maximum absolute atomic E-state index is 2.77. The van der Waals surface area contributed by atoms with Crippen LogP contribution in [0.3, 0.4) is 0 Å². The van der Waals surface area contributed by atoms with Crippen molar-refractivity contribution in [3.8, 4) is 0 Å². The Bertz CT molecular complexity index is 472. The second-order valence-electron chi connectivity index (χ2n) is 12.1. The Hall–Kier alpha value is -0.160. The average molecular weight is 449 g/mol. The van der Waals surface area contributed by atoms with Crippen LogP contribution in [0.1, 0.15) is 91.9 Å². The van der Waals surface area contributed by atoms with Crippen LogP contribution in [-0.2, 0) is 0 Å². The average Bonchev–Trinajstić information content (AvgIpc) is 2.80. The van der Waals surface area contributed by atoms with Gasteiger partial charge in [0.1, 0.15) is 0 Å². The summed E-state index contributed by atoms with van der Waals surface area (Å²) in [7, 11) is 4.57. The maximum Gasteiger partial charge on any atom is 0.0136 e. The van der Waals surface area contributed by atoms with Crippen LogP contribution in [0, 0.1) is 11.8 Å². The first-order valence-electron chi connectivity index (χ1n) is 14.3. The summed E-state index contributed by atoms with van der Waals surface area (Å²) in [5, 5.41) is 0. The lowest BCUT2D eigenvalue weighted by Gasteiger charge is -2.45. The fourth-order valence-electron chi connectivity index (χ4n) is 6.74. The normalized spacial score (nSPS) is 32.1. The number of rotatable bonds is 6. The van der Waals surface area contributed by atoms with E-state index in [0.29, 0.717) is 12.1 Å². The minimum Gasteiger partial charge on any atom is -0.304 e. The third-order valence-corrected chi connectivity index (χ3v) is 9.27. The third kappa shape index (κ3) is 7.42. The van der Waals surface area contributed by atoms with Crippen molar-refractivity contribution in [1.82, 2.24) is 19.6 Å². The molecule has 0 aliphatic carbocycles. The zero-order valence-electron chi connectivity index (χ0n) is 22.6. The largest absolute Gasteiger partial charge is 0.304 e. The molecule has 0 radical (unpaired) electrons. The molecular weight excluding hydrogens is 392 g/mol. The Kier molecular flexibility index (Phi) is 10.8. The highest BCUT2D eigenvalue weighted by molar-refractivity contribution is 4.89. The van der Waals surface area contributed by atoms with Gasteiger partial charge in [0, 0.05) is 37.3 Å². The molecule has 0 spiro atoms. The summed E-state index contributed by atoms with van der Waals surface area (Å²) >= 11 is 0. The second kappa shape index (κ2) is 13.1. The summed E-state index contributed by atoms with van der Waals surface area (Å²) in [5.74, 6) is 1.86. The lowest BCUT2D eigenvalue weighted by molar-refractivity contribution is 0.0402. The van der Waals surface area contributed by atoms with Crippen LogP contribution in [0.2, 0.25) is 0 Å². The van der Waals surface area contributed by atoms with Gasteiger partial charge >= 0.3 is 0 Å². The molecule has 32 heavy (non-hydrogen) atoms. The Morgan fingerprint density at radius 1 is 0.562 bits per heavy atom. The zero-order valence-corrected chi connectivity index (χ0v) is 22.6. The Morgan fingerprint density at radius 2 is 0.938 bits per heavy atom. The molecule has 4 fully saturated rings. The SMILES string of the molecule is CC(C)N(C)C[C@@H]1CCCN2CCCC[C@H]12.CC(C)N(C)C[C@H]1CCCN2CCCC[C@@H]12. The van der Waals surface area contributed by atoms with Crippen LogP contribution in [0.4, 0.5) is 0 Å². The van der Waals surface area contributed by atoms with Crippen molar-refractivity contribution in [3.05, 3.63) is 0 Å². The molecule has 4 heteroatoms. The molecule has 0 N–H and O–H groups in total. The van der Waals surface area contributed by atoms with Crippen molar-refractivity contribution >= 4 is 0 Å². The zero-order chi connectivity index (χ0) is 23.1. The predicted octanol–water partition coefficient (Wildman–Crippen LogP) is 5.18. The third-order valence-electron chi connectivity index (χ3n) is 9.27. The molecule has 0 aromatic carbocycles. The lowest BCUT2D eigenvalue weighted by atomic mass is 9.83. The van der Waals surface area contributed by atoms with Crippen molar-refractivity contribution in [2.75, 3.05) is 53.4 Å². The van der Waals surface area contributed by atoms with Gasteiger partial charge in [-0.3, -0.25) is 0 Å². The summed E-state index contributed by atoms with van der Waals surface area (Å²) < 4.78 is 0. The van der Waals surface area contributed by atoms with Gasteiger partial charge in [0.15, 0.2) is 0 Å². The van der Waals surface area contributed by atoms with Gasteiger partial charge < -0.3 is 19.6 Å². The molecule has 4 saturated heterocycles. The van der Waals surface area contributed by atoms with E-state index in [1.54, 1.807) is 0 Å². The summed E-state index contributed by atoms with van der Waals surface area (Å²) in [4.78, 5) is 10.6. The summed E-state index contributed by atoms with van der Waals surface area (Å²) in [5.41, 5.74) is 0. The summed E-state index contributed by atoms with van der Waals surface area (Å²) in [6.07, 6.45) is 14.5. The van der Waals surface area contributed by atoms with E-state index in [-0.39, 0.29) is 0 Å². The molecule has 4 aliphatic heterocycles. The smallest absolute Gasteiger partial charge is 0.0136 e. The van der Waals surface area contributed by atoms with E-state index in [1.807, 2.05) is 0 Å². The summed E-state index contributed by atoms with van der Waals surface area (Å²) in [6, 6.07) is 3.20. The quantitative estimate of drug-likeness (QED) is 0.555. The molecule has 4 rings (SSSR count). The first kappa shape index (κ1) is 26.4. The van der Waals surface area contributed by atoms with E-state index in [1.165, 1.54) is 103 Å². The highest BCUT2D eigenvalue weighted by Crippen LogP contribution is 2.32. The maximum atomic E-state index is 2.77. The van der Waals surface area contributed by atoms with E-state index in [0.717, 1.165) is 23.9 Å². The van der Waals surface area contributed by atoms with Crippen molar-refractivity contribution in [2.24, 2.45) is 11.8 Å². The predicted molar refractivity (Wildman–Crippen MR) is 139 cm³/mol. The minimum atomic E-state index is 0.693. The lowest BCUT2D eigenvalue weighted by Crippen LogP contribution is -2.51. The van der Waals surface area contributed by atoms with Crippen molar-refractivity contribution in [2.45, 2.75) is 116 Å². The van der Waals surface area contributed by atoms with Crippen LogP contribution >= 0.6 is 0 Å². The number of hydrogen-bond acceptors (Lipinski definition) is 4. The molecule has 4 aliphatic rings. The Balaban J connectivity index is 0.000000181. The first-order valence-corrected chi connectivity index (χ1v) is 14.3. The van der Waals surface area contributed by atoms with Gasteiger partial charge in [0.25, 0.3) is 0 Å². The van der Waals surface area contributed by atoms with Gasteiger partial charge in [-0.1, -0.05) is 12.8 Å². The molecule has 0 aromatic rings. The topological polar surface area (TPSA) is 13.0 Å². The van der Waals surface area contributed by atoms with E-state index in [4.69, 9.17) is 0 Å². The Morgan fingerprint density at radius 3 is 1.31 bits per heavy atom. The van der Waals surface area contributed by atoms with Gasteiger partial charge in [-0.2, -0.15) is 0 Å². The molecule has 0 amide bonds. The van der Waals surface area contributed by atoms with E-state index in [2.05, 4.69) is 61.4 Å². The minimum absolute atomic E-state index is 0.693. The van der Waals surface area contributed by atoms with Crippen LogP contribution in [0.5, 0.6) is 0 Å². The van der Waals surface area contributed by atoms with E-state index in [9.17, 15) is 0 Å². The molecule has 4 heterocycles. The van der Waals surface area contributed by atoms with Crippen LogP contribution in [0.15, 0.2) is 0 Å². The monoisotopic (exact) mass is 448 g/mol. The molecule has 0 unspecified atom stereocenters. The number of fused-ring (bicyclic) bond motifs is 2. The molecular formula is C28H56N4. The standard InChI is InChI=1S/2C14H28N2/c2*1-12(2)15(3)11-13-7-6-10-16-9-5-4-8-14(13)16/h2*12-14H,4-11H2,1-3H3/t2*13-,14+/m10/s1. The van der Waals surface area contributed by atoms with Gasteiger partial charge in [-0.05, 0) is 131 Å². The fraction of sp³-hybridized carbons (Fsp3) is 1.00. The van der Waals surface area contributed by atoms with Crippen LogP contribution in [0.25, 0.3) is 0 Å². The number of nitrogens with zero attached hydrogens (tertiary/aromatic N) is 4. The Labute approximate surface area is 201 Å². The molecule has 4 atom stereocenters. The molecule has 188 valence electrons. The molecule has 0 saturated carbocycles. The van der Waals surface area contributed by atoms with Gasteiger partial charge in [-0.15, -0.1) is 0 Å². The van der Waals surface area contributed by atoms with Crippen LogP contribution in [-0.4, -0.2) is 97.1 Å². The second-order valence-corrected chi connectivity index (χ2v) is 12.1. The van der Waals surface area contributed by atoms with Crippen LogP contribution < -0.4 is 0 Å². The first-order chi connectivity index (χ1) is 15.4. The van der Waals surface area contributed by atoms with Crippen molar-refractivity contribution < 1.29 is 0 Å². The number of piperidine rings is 4. The van der Waals surface area contributed by atoms with E-state index < -0.39 is 0 Å². The molecule has 0 bridgehead atoms. The molecule has 0 aromatic heterocycles.